The van der Waals surface area contributed by atoms with Gasteiger partial charge in [-0.1, -0.05) is 0 Å². The molecule has 4 aliphatic heterocycles. The Morgan fingerprint density at radius 1 is 0.351 bits per heavy atom. The predicted octanol–water partition coefficient (Wildman–Crippen LogP) is -15.8. The standard InChI is InChI=1S/C40H66O34/c41-3-13-21(51)29(59)33(63)39(71-13)69-7-15-23(53)31(61)35(65)37(73-15)67-5-11(45)19(49)27(57)25(55)17(47)9(43)1-2-10(44)18(48)26(56)28(58)20(50)12(46)6-68-38-36(66)32(62)24(54)16(74-38)8-70-40-34(64)30(60)22(52)14(4-42)72-40/h11-16,19-42,45-46,49-66H,1-8H2/t11-,12-,13-,14-,15-,16-,19-,20-,21-,22-,23-,24-,25+,26+,27+,28+,29+,30+,31+,32+,33-,34-,35-,36-,37+,38+,39+,40+/m1/s1. The topological polar surface area (TPSA) is 587 Å². The van der Waals surface area contributed by atoms with Gasteiger partial charge in [0.05, 0.1) is 39.6 Å². The zero-order valence-corrected chi connectivity index (χ0v) is 38.6. The first kappa shape index (κ1) is 64.0. The summed E-state index contributed by atoms with van der Waals surface area (Å²) >= 11 is 0. The minimum Gasteiger partial charge on any atom is -0.394 e. The minimum atomic E-state index is -2.83. The Bertz CT molecular complexity index is 1650. The van der Waals surface area contributed by atoms with Gasteiger partial charge < -0.3 is 150 Å². The highest BCUT2D eigenvalue weighted by Crippen LogP contribution is 2.29. The lowest BCUT2D eigenvalue weighted by Gasteiger charge is -2.42. The number of carbonyl (C=O) groups is 4. The number of ketones is 4. The van der Waals surface area contributed by atoms with Crippen molar-refractivity contribution in [3.05, 3.63) is 0 Å². The van der Waals surface area contributed by atoms with Crippen molar-refractivity contribution in [3.63, 3.8) is 0 Å². The summed E-state index contributed by atoms with van der Waals surface area (Å²) in [7, 11) is 0. The average Bonchev–Trinajstić information content (AvgIpc) is 3.39. The summed E-state index contributed by atoms with van der Waals surface area (Å²) < 4.78 is 41.8. The third-order valence-electron chi connectivity index (χ3n) is 12.5. The van der Waals surface area contributed by atoms with E-state index in [-0.39, 0.29) is 0 Å². The summed E-state index contributed by atoms with van der Waals surface area (Å²) in [4.78, 5) is 50.3. The molecule has 4 aliphatic rings. The smallest absolute Gasteiger partial charge is 0.229 e. The molecule has 4 heterocycles. The van der Waals surface area contributed by atoms with Crippen molar-refractivity contribution in [2.24, 2.45) is 0 Å². The Morgan fingerprint density at radius 2 is 0.608 bits per heavy atom. The maximum Gasteiger partial charge on any atom is 0.229 e. The van der Waals surface area contributed by atoms with Crippen LogP contribution in [0.15, 0.2) is 0 Å². The maximum atomic E-state index is 12.6. The Kier molecular flexibility index (Phi) is 24.6. The zero-order chi connectivity index (χ0) is 55.8. The molecular formula is C40H66O34. The van der Waals surface area contributed by atoms with Gasteiger partial charge in [-0.05, 0) is 0 Å². The molecule has 0 unspecified atom stereocenters. The van der Waals surface area contributed by atoms with Gasteiger partial charge in [0.2, 0.25) is 23.1 Å². The minimum absolute atomic E-state index is 0.776. The van der Waals surface area contributed by atoms with Crippen molar-refractivity contribution in [2.45, 2.75) is 184 Å². The third kappa shape index (κ3) is 15.2. The fourth-order valence-corrected chi connectivity index (χ4v) is 7.70. The quantitative estimate of drug-likeness (QED) is 0.0340. The molecule has 0 aromatic rings. The maximum absolute atomic E-state index is 12.6. The summed E-state index contributed by atoms with van der Waals surface area (Å²) in [6.07, 6.45) is -59.5. The van der Waals surface area contributed by atoms with E-state index in [0.29, 0.717) is 0 Å². The van der Waals surface area contributed by atoms with Crippen molar-refractivity contribution >= 4 is 23.1 Å². The summed E-state index contributed by atoms with van der Waals surface area (Å²) in [5, 5.41) is 224. The molecule has 0 radical (unpaired) electrons. The number of Topliss-reactive ketones (excluding diaryl/α,β-unsaturated/α-hetero) is 4. The van der Waals surface area contributed by atoms with E-state index in [9.17, 15) is 132 Å². The van der Waals surface area contributed by atoms with Gasteiger partial charge in [0.15, 0.2) is 25.2 Å². The fraction of sp³-hybridized carbons (Fsp3) is 0.900. The Hall–Kier alpha value is -2.52. The summed E-state index contributed by atoms with van der Waals surface area (Å²) in [6, 6.07) is 0. The van der Waals surface area contributed by atoms with Crippen LogP contribution in [0.4, 0.5) is 0 Å². The normalized spacial score (nSPS) is 40.2. The SMILES string of the molecule is O=C(CCC(=O)C(=O)[C@H](O)[C@@H](O)[C@H](O)[C@H](O)CO[C@H]1O[C@H](CO[C@H]2O[C@H](CO)[C@@H](O)[C@H](O)[C@H]2O)[C@@H](O)[C@H](O)[C@H]1O)C(=O)[C@H](O)[C@@H](O)[C@H](O)[C@H](O)CO[C@H]1O[C@H](CO[C@H]2O[C@H](CO)[C@@H](O)[C@H](O)[C@H]2O)[C@@H](O)[C@H](O)[C@H]1O. The highest BCUT2D eigenvalue weighted by atomic mass is 16.7. The predicted molar refractivity (Wildman–Crippen MR) is 222 cm³/mol. The molecule has 0 aromatic heterocycles. The van der Waals surface area contributed by atoms with E-state index in [1.807, 2.05) is 0 Å². The van der Waals surface area contributed by atoms with Crippen LogP contribution >= 0.6 is 0 Å². The van der Waals surface area contributed by atoms with E-state index in [4.69, 9.17) is 37.9 Å². The molecule has 28 atom stereocenters. The van der Waals surface area contributed by atoms with Gasteiger partial charge in [-0.25, -0.2) is 0 Å². The second kappa shape index (κ2) is 28.4. The van der Waals surface area contributed by atoms with Crippen molar-refractivity contribution in [3.8, 4) is 0 Å². The molecule has 4 fully saturated rings. The van der Waals surface area contributed by atoms with Crippen LogP contribution < -0.4 is 0 Å². The molecule has 34 nitrogen and oxygen atoms in total. The Morgan fingerprint density at radius 3 is 0.892 bits per heavy atom. The van der Waals surface area contributed by atoms with Gasteiger partial charge in [0.1, 0.15) is 146 Å². The largest absolute Gasteiger partial charge is 0.394 e. The van der Waals surface area contributed by atoms with Crippen LogP contribution in [-0.4, -0.2) is 347 Å². The zero-order valence-electron chi connectivity index (χ0n) is 38.6. The lowest BCUT2D eigenvalue weighted by Crippen LogP contribution is -2.62. The molecule has 430 valence electrons. The van der Waals surface area contributed by atoms with Crippen molar-refractivity contribution in [1.82, 2.24) is 0 Å². The number of hydrogen-bond donors (Lipinski definition) is 22. The molecule has 34 heteroatoms. The molecule has 0 spiro atoms. The molecule has 0 saturated carbocycles. The van der Waals surface area contributed by atoms with Gasteiger partial charge in [0, 0.05) is 12.8 Å². The molecule has 74 heavy (non-hydrogen) atoms. The van der Waals surface area contributed by atoms with E-state index in [1.165, 1.54) is 0 Å². The van der Waals surface area contributed by atoms with Gasteiger partial charge in [-0.2, -0.15) is 0 Å². The number of hydrogen-bond acceptors (Lipinski definition) is 34. The molecule has 0 bridgehead atoms. The van der Waals surface area contributed by atoms with Gasteiger partial charge in [-0.3, -0.25) is 19.2 Å². The molecule has 4 saturated heterocycles. The lowest BCUT2D eigenvalue weighted by molar-refractivity contribution is -0.333. The van der Waals surface area contributed by atoms with E-state index < -0.39 is 247 Å². The first-order chi connectivity index (χ1) is 34.6. The van der Waals surface area contributed by atoms with Crippen molar-refractivity contribution < 1.29 is 169 Å². The van der Waals surface area contributed by atoms with Crippen LogP contribution in [-0.2, 0) is 57.1 Å². The van der Waals surface area contributed by atoms with E-state index in [0.717, 1.165) is 0 Å². The van der Waals surface area contributed by atoms with Crippen LogP contribution in [0.3, 0.4) is 0 Å². The highest BCUT2D eigenvalue weighted by Gasteiger charge is 2.50. The highest BCUT2D eigenvalue weighted by molar-refractivity contribution is 6.42. The second-order valence-electron chi connectivity index (χ2n) is 17.8. The van der Waals surface area contributed by atoms with Crippen LogP contribution in [0.2, 0.25) is 0 Å². The lowest BCUT2D eigenvalue weighted by atomic mass is 9.94. The first-order valence-corrected chi connectivity index (χ1v) is 22.7. The van der Waals surface area contributed by atoms with E-state index in [1.54, 1.807) is 0 Å². The van der Waals surface area contributed by atoms with Crippen molar-refractivity contribution in [1.29, 1.82) is 0 Å². The molecule has 4 rings (SSSR count). The third-order valence-corrected chi connectivity index (χ3v) is 12.5. The number of rotatable bonds is 27. The fourth-order valence-electron chi connectivity index (χ4n) is 7.70. The van der Waals surface area contributed by atoms with Gasteiger partial charge >= 0.3 is 0 Å². The van der Waals surface area contributed by atoms with Gasteiger partial charge in [0.25, 0.3) is 0 Å². The van der Waals surface area contributed by atoms with Crippen molar-refractivity contribution in [2.75, 3.05) is 39.6 Å². The summed E-state index contributed by atoms with van der Waals surface area (Å²) in [5.41, 5.74) is 0. The Balaban J connectivity index is 1.21. The number of aliphatic hydroxyl groups is 22. The van der Waals surface area contributed by atoms with Crippen LogP contribution in [0, 0.1) is 0 Å². The van der Waals surface area contributed by atoms with Crippen LogP contribution in [0.1, 0.15) is 12.8 Å². The molecule has 22 N–H and O–H groups in total. The average molecular weight is 1090 g/mol. The molecule has 0 aliphatic carbocycles. The van der Waals surface area contributed by atoms with Crippen LogP contribution in [0.25, 0.3) is 0 Å². The Labute approximate surface area is 416 Å². The van der Waals surface area contributed by atoms with E-state index >= 15 is 0 Å². The number of ether oxygens (including phenoxy) is 8. The van der Waals surface area contributed by atoms with E-state index in [2.05, 4.69) is 0 Å². The molecule has 0 aromatic carbocycles. The van der Waals surface area contributed by atoms with Crippen LogP contribution in [0.5, 0.6) is 0 Å². The number of carbonyl (C=O) groups excluding carboxylic acids is 4. The monoisotopic (exact) mass is 1090 g/mol. The summed E-state index contributed by atoms with van der Waals surface area (Å²) in [5.74, 6) is -7.13. The molecular weight excluding hydrogens is 1020 g/mol. The summed E-state index contributed by atoms with van der Waals surface area (Å²) in [6.45, 7) is -5.45. The van der Waals surface area contributed by atoms with Gasteiger partial charge in [-0.15, -0.1) is 0 Å². The second-order valence-corrected chi connectivity index (χ2v) is 17.8. The number of aliphatic hydroxyl groups excluding tert-OH is 22. The first-order valence-electron chi connectivity index (χ1n) is 22.7. The molecule has 0 amide bonds.